The summed E-state index contributed by atoms with van der Waals surface area (Å²) in [6.07, 6.45) is 8.55. The third-order valence-corrected chi connectivity index (χ3v) is 21.4. The number of ether oxygens (including phenoxy) is 11. The lowest BCUT2D eigenvalue weighted by atomic mass is 9.81. The molecule has 2 fully saturated rings. The average molecular weight is 1730 g/mol. The van der Waals surface area contributed by atoms with Crippen LogP contribution in [0.4, 0.5) is 5.69 Å². The van der Waals surface area contributed by atoms with Crippen LogP contribution in [0.15, 0.2) is 89.9 Å². The van der Waals surface area contributed by atoms with E-state index in [4.69, 9.17) is 62.8 Å². The Labute approximate surface area is 721 Å². The highest BCUT2D eigenvalue weighted by atomic mass is 16.6. The number of fused-ring (bicyclic) bond motifs is 5. The minimum atomic E-state index is -1.83. The van der Waals surface area contributed by atoms with Crippen molar-refractivity contribution >= 4 is 75.8 Å². The Morgan fingerprint density at radius 3 is 1.93 bits per heavy atom. The largest absolute Gasteiger partial charge is 0.508 e. The molecule has 1 unspecified atom stereocenters. The number of hydrogen-bond acceptors (Lipinski definition) is 27. The van der Waals surface area contributed by atoms with Crippen LogP contribution in [0.5, 0.6) is 5.75 Å². The summed E-state index contributed by atoms with van der Waals surface area (Å²) >= 11 is 0. The number of pyridine rings is 2. The van der Waals surface area contributed by atoms with E-state index in [0.29, 0.717) is 186 Å². The number of carbonyl (C=O) groups is 10. The Kier molecular flexibility index (Phi) is 40.5. The number of imide groups is 1. The van der Waals surface area contributed by atoms with Crippen LogP contribution < -0.4 is 43.2 Å². The number of unbranched alkanes of at least 4 members (excludes halogenated alkanes) is 1. The maximum atomic E-state index is 13.7. The highest BCUT2D eigenvalue weighted by molar-refractivity contribution is 6.03. The van der Waals surface area contributed by atoms with E-state index in [-0.39, 0.29) is 128 Å². The van der Waals surface area contributed by atoms with Crippen molar-refractivity contribution in [3.63, 3.8) is 0 Å². The van der Waals surface area contributed by atoms with Crippen LogP contribution in [0.3, 0.4) is 0 Å². The van der Waals surface area contributed by atoms with Gasteiger partial charge in [-0.1, -0.05) is 80.9 Å². The molecule has 0 radical (unpaired) electrons. The quantitative estimate of drug-likeness (QED) is 0.0148. The Morgan fingerprint density at radius 1 is 0.677 bits per heavy atom. The van der Waals surface area contributed by atoms with Gasteiger partial charge in [0.05, 0.1) is 154 Å². The fourth-order valence-electron chi connectivity index (χ4n) is 14.7. The van der Waals surface area contributed by atoms with Crippen molar-refractivity contribution < 1.29 is 105 Å². The van der Waals surface area contributed by atoms with Crippen molar-refractivity contribution in [2.45, 2.75) is 162 Å². The normalized spacial score (nSPS) is 16.9. The lowest BCUT2D eigenvalue weighted by Gasteiger charge is -2.35. The summed E-state index contributed by atoms with van der Waals surface area (Å²) in [5.74, 6) is -3.96. The summed E-state index contributed by atoms with van der Waals surface area (Å²) in [6, 6.07) is 21.3. The summed E-state index contributed by atoms with van der Waals surface area (Å²) < 4.78 is 64.1. The summed E-state index contributed by atoms with van der Waals surface area (Å²) in [4.78, 5) is 147. The number of aryl methyl sites for hydroxylation is 2. The molecule has 0 bridgehead atoms. The maximum absolute atomic E-state index is 13.7. The molecule has 124 heavy (non-hydrogen) atoms. The first-order valence-electron chi connectivity index (χ1n) is 42.9. The molecule has 36 heteroatoms. The first-order chi connectivity index (χ1) is 60.1. The number of phenolic OH excluding ortho intramolecular Hbond substituents is 1. The van der Waals surface area contributed by atoms with E-state index in [9.17, 15) is 57.8 Å². The number of carbonyl (C=O) groups excluding carboxylic acids is 10. The molecular formula is C88H121N13O23. The van der Waals surface area contributed by atoms with E-state index in [2.05, 4.69) is 42.2 Å². The summed E-state index contributed by atoms with van der Waals surface area (Å²) in [5, 5.41) is 35.7. The fraction of sp³-hybridized carbons (Fsp3) is 0.568. The van der Waals surface area contributed by atoms with Gasteiger partial charge < -0.3 is 99.4 Å². The second-order valence-electron chi connectivity index (χ2n) is 30.7. The molecule has 9 N–H and O–H groups in total. The number of aromatic hydroxyl groups is 1. The van der Waals surface area contributed by atoms with Crippen LogP contribution in [0, 0.1) is 24.7 Å². The molecule has 3 aliphatic heterocycles. The lowest BCUT2D eigenvalue weighted by Crippen LogP contribution is -2.54. The molecule has 4 atom stereocenters. The van der Waals surface area contributed by atoms with E-state index < -0.39 is 60.5 Å². The number of esters is 2. The van der Waals surface area contributed by atoms with Crippen molar-refractivity contribution in [2.75, 3.05) is 150 Å². The fourth-order valence-corrected chi connectivity index (χ4v) is 14.7. The van der Waals surface area contributed by atoms with Gasteiger partial charge in [-0.25, -0.2) is 14.5 Å². The number of anilines is 1. The van der Waals surface area contributed by atoms with Crippen LogP contribution in [-0.4, -0.2) is 251 Å². The predicted molar refractivity (Wildman–Crippen MR) is 452 cm³/mol. The van der Waals surface area contributed by atoms with E-state index >= 15 is 0 Å². The lowest BCUT2D eigenvalue weighted by molar-refractivity contribution is -0.189. The van der Waals surface area contributed by atoms with Gasteiger partial charge in [0.1, 0.15) is 49.9 Å². The van der Waals surface area contributed by atoms with Gasteiger partial charge >= 0.3 is 11.9 Å². The van der Waals surface area contributed by atoms with Gasteiger partial charge in [-0.2, -0.15) is 0 Å². The second-order valence-corrected chi connectivity index (χ2v) is 30.7. The van der Waals surface area contributed by atoms with E-state index in [1.165, 1.54) is 4.90 Å². The second kappa shape index (κ2) is 51.7. The molecular weight excluding hydrogens is 1610 g/mol. The number of nitrogens with two attached hydrogens (primary N) is 1. The van der Waals surface area contributed by atoms with Crippen molar-refractivity contribution in [1.29, 1.82) is 0 Å². The number of rotatable bonds is 54. The summed E-state index contributed by atoms with van der Waals surface area (Å²) in [6.45, 7) is 16.4. The molecule has 1 aliphatic carbocycles. The Bertz CT molecular complexity index is 4540. The first kappa shape index (κ1) is 97.3. The molecule has 6 heterocycles. The molecule has 36 nitrogen and oxygen atoms in total. The number of hydrogen-bond donors (Lipinski definition) is 8. The van der Waals surface area contributed by atoms with Crippen molar-refractivity contribution in [1.82, 2.24) is 56.0 Å². The van der Waals surface area contributed by atoms with Crippen molar-refractivity contribution in [2.24, 2.45) is 23.5 Å². The van der Waals surface area contributed by atoms with E-state index in [0.717, 1.165) is 53.3 Å². The average Bonchev–Trinajstić information content (AvgIpc) is 1.51. The zero-order chi connectivity index (χ0) is 88.6. The number of cyclic esters (lactones) is 1. The first-order valence-corrected chi connectivity index (χ1v) is 42.9. The third-order valence-electron chi connectivity index (χ3n) is 21.4. The monoisotopic (exact) mass is 1730 g/mol. The molecule has 6 aromatic rings. The van der Waals surface area contributed by atoms with Crippen LogP contribution in [-0.2, 0) is 145 Å². The number of amides is 8. The van der Waals surface area contributed by atoms with Crippen molar-refractivity contribution in [3.8, 4) is 17.1 Å². The minimum Gasteiger partial charge on any atom is -0.508 e. The zero-order valence-corrected chi connectivity index (χ0v) is 71.7. The highest BCUT2D eigenvalue weighted by Crippen LogP contribution is 2.43. The van der Waals surface area contributed by atoms with Gasteiger partial charge in [0, 0.05) is 66.4 Å². The predicted octanol–water partition coefficient (Wildman–Crippen LogP) is 4.46. The molecule has 10 rings (SSSR count). The number of benzene rings is 3. The van der Waals surface area contributed by atoms with E-state index in [1.807, 2.05) is 63.2 Å². The Hall–Kier alpha value is -10.5. The highest BCUT2D eigenvalue weighted by Gasteiger charge is 2.51. The van der Waals surface area contributed by atoms with Crippen LogP contribution in [0.1, 0.15) is 137 Å². The third kappa shape index (κ3) is 30.1. The number of nitrogens with zero attached hydrogens (tertiary/aromatic N) is 6. The van der Waals surface area contributed by atoms with E-state index in [1.54, 1.807) is 65.7 Å². The molecule has 3 aromatic heterocycles. The molecule has 8 amide bonds. The standard InChI is InChI=1S/C60H92N10O16.C28H29N3O7/c1-45-11-17-50(18-12-45)64-58(75)52(10-6-7-19-61)66-59(76)53(39-47-8-4-3-5-9-47)65-55(72)44-86-43-54(71)62-20-22-78-24-26-80-28-30-82-32-34-84-36-37-85-35-33-83-31-29-81-27-25-79-23-21-69-42-51(67-68-69)40-63-57(74)49-15-13-48(14-16-49)41-70-56(73)38-46(2)60(70)77;1-4-7-23(33)29-12-24(34)38-28(6-3)20-11-22-25-18(13-31(22)26(35)19(20)14-37-27(28)36)16(5-2)17-10-15(32)8-9-21(17)30-25/h3-5,8-9,11-12,17-18,42,46,48-49,52-53H,6-7,10,13-16,19-41,43-44,61H2,1-2H3,(H,62,71)(H,63,74)(H,64,75)(H,65,72)(H,66,76);8-11,32H,4-7,12-14H2,1-3H3,(H,29,33)/t46?,48?,49?,52-,53-;28-/m00/s1. The maximum Gasteiger partial charge on any atom is 0.355 e. The Morgan fingerprint density at radius 2 is 1.31 bits per heavy atom. The molecule has 3 aromatic carbocycles. The number of likely N-dealkylation sites (tertiary alicyclic amines) is 1. The topological polar surface area (TPSA) is 460 Å². The summed E-state index contributed by atoms with van der Waals surface area (Å²) in [5.41, 5.74) is 10.8. The van der Waals surface area contributed by atoms with Gasteiger partial charge in [-0.05, 0) is 131 Å². The van der Waals surface area contributed by atoms with Crippen LogP contribution in [0.25, 0.3) is 22.3 Å². The van der Waals surface area contributed by atoms with Crippen LogP contribution in [0.2, 0.25) is 0 Å². The SMILES string of the molecule is CCCC(=O)NCC(=O)O[C@]1(CC)C(=O)OCc2c1cc1n(c2=O)Cc2c-1nc1ccc(O)cc1c2CC.Cc1ccc(NC(=O)[C@H](CCCCN)NC(=O)[C@H](Cc2ccccc2)NC(=O)COCC(=O)NCCOCCOCCOCCOCCOCCOCCOCCOCCn2cc(CNC(=O)C3CCC(CN4C(=O)CC(C)C4=O)CC3)nn2)cc1. The molecule has 676 valence electrons. The zero-order valence-electron chi connectivity index (χ0n) is 71.7. The molecule has 1 saturated heterocycles. The van der Waals surface area contributed by atoms with Gasteiger partial charge in [0.15, 0.2) is 0 Å². The van der Waals surface area contributed by atoms with Crippen LogP contribution >= 0.6 is 0 Å². The van der Waals surface area contributed by atoms with Gasteiger partial charge in [-0.15, -0.1) is 5.10 Å². The summed E-state index contributed by atoms with van der Waals surface area (Å²) in [7, 11) is 0. The minimum absolute atomic E-state index is 0.0107. The smallest absolute Gasteiger partial charge is 0.355 e. The molecule has 1 saturated carbocycles. The van der Waals surface area contributed by atoms with Gasteiger partial charge in [-0.3, -0.25) is 52.8 Å². The van der Waals surface area contributed by atoms with Gasteiger partial charge in [0.25, 0.3) is 5.56 Å². The Balaban J connectivity index is 0.000000377. The van der Waals surface area contributed by atoms with Gasteiger partial charge in [0.2, 0.25) is 52.9 Å². The van der Waals surface area contributed by atoms with Crippen molar-refractivity contribution in [3.05, 3.63) is 134 Å². The number of nitrogens with one attached hydrogen (secondary N) is 6. The molecule has 0 spiro atoms. The molecule has 4 aliphatic rings. The number of phenols is 1. The number of aromatic nitrogens is 5.